The van der Waals surface area contributed by atoms with E-state index in [2.05, 4.69) is 115 Å². The molecule has 0 radical (unpaired) electrons. The third kappa shape index (κ3) is 5.78. The van der Waals surface area contributed by atoms with Gasteiger partial charge in [0, 0.05) is 0 Å². The first-order chi connectivity index (χ1) is 22.5. The van der Waals surface area contributed by atoms with Crippen molar-refractivity contribution in [3.8, 4) is 34.1 Å². The van der Waals surface area contributed by atoms with Crippen molar-refractivity contribution in [2.75, 3.05) is 0 Å². The van der Waals surface area contributed by atoms with Crippen LogP contribution in [0.1, 0.15) is 16.7 Å². The third-order valence-electron chi connectivity index (χ3n) is 8.22. The van der Waals surface area contributed by atoms with Gasteiger partial charge in [-0.15, -0.1) is 0 Å². The van der Waals surface area contributed by atoms with Crippen LogP contribution in [-0.4, -0.2) is 34.5 Å². The molecule has 0 saturated heterocycles. The van der Waals surface area contributed by atoms with Crippen LogP contribution < -0.4 is 13.7 Å². The normalized spacial score (nSPS) is 11.2. The van der Waals surface area contributed by atoms with Gasteiger partial charge in [0.15, 0.2) is 0 Å². The van der Waals surface area contributed by atoms with E-state index in [1.54, 1.807) is 6.20 Å². The molecule has 0 amide bonds. The molecule has 8 rings (SSSR count). The Morgan fingerprint density at radius 1 is 0.681 bits per heavy atom. The molecule has 0 aliphatic carbocycles. The van der Waals surface area contributed by atoms with E-state index >= 15 is 0 Å². The number of benzene rings is 5. The molecule has 0 saturated carbocycles. The molecule has 0 aliphatic rings. The fourth-order valence-corrected chi connectivity index (χ4v) is 8.21. The number of nitrogens with zero attached hydrogens (tertiary/aromatic N) is 4. The topological polar surface area (TPSA) is 52.3 Å². The summed E-state index contributed by atoms with van der Waals surface area (Å²) in [6.07, 6.45) is 1.72. The molecule has 0 spiro atoms. The predicted molar refractivity (Wildman–Crippen MR) is 187 cm³/mol. The monoisotopic (exact) mass is 855 g/mol. The summed E-state index contributed by atoms with van der Waals surface area (Å²) in [6.45, 7) is 6.51. The Morgan fingerprint density at radius 2 is 1.45 bits per heavy atom. The minimum Gasteiger partial charge on any atom is 2.00 e. The fraction of sp³-hybridized carbons (Fsp3) is 0.0750. The van der Waals surface area contributed by atoms with Crippen molar-refractivity contribution >= 4 is 51.2 Å². The van der Waals surface area contributed by atoms with Crippen molar-refractivity contribution < 1.29 is 25.8 Å². The molecule has 7 heteroatoms. The SMILES string of the molecule is Cc1cc(-c2ccccc2)cc(C)c1-c1nnc2c3[c-]c([Se]c4[c-]c(Oc5ccccn5)ccc4)cc(C)c3c3ccccc3n12.[Pt+2]. The molecule has 47 heavy (non-hydrogen) atoms. The van der Waals surface area contributed by atoms with Crippen LogP contribution in [0.5, 0.6) is 11.6 Å². The maximum Gasteiger partial charge on any atom is 2.00 e. The Labute approximate surface area is 294 Å². The summed E-state index contributed by atoms with van der Waals surface area (Å²) in [5, 5.41) is 13.0. The Bertz CT molecular complexity index is 2390. The maximum atomic E-state index is 5.96. The second kappa shape index (κ2) is 12.9. The van der Waals surface area contributed by atoms with Crippen molar-refractivity contribution in [1.82, 2.24) is 19.6 Å². The van der Waals surface area contributed by atoms with Gasteiger partial charge in [0.05, 0.1) is 0 Å². The van der Waals surface area contributed by atoms with Gasteiger partial charge in [0.25, 0.3) is 0 Å². The van der Waals surface area contributed by atoms with E-state index in [4.69, 9.17) is 14.9 Å². The summed E-state index contributed by atoms with van der Waals surface area (Å²) in [6, 6.07) is 44.6. The van der Waals surface area contributed by atoms with Gasteiger partial charge in [-0.1, -0.05) is 18.2 Å². The van der Waals surface area contributed by atoms with Crippen molar-refractivity contribution in [1.29, 1.82) is 0 Å². The molecule has 5 aromatic carbocycles. The van der Waals surface area contributed by atoms with E-state index in [0.29, 0.717) is 11.6 Å². The number of hydrogen-bond donors (Lipinski definition) is 0. The largest absolute Gasteiger partial charge is 2.00 e. The molecule has 3 aromatic heterocycles. The fourth-order valence-electron chi connectivity index (χ4n) is 6.27. The van der Waals surface area contributed by atoms with Crippen molar-refractivity contribution in [2.24, 2.45) is 0 Å². The molecule has 5 nitrogen and oxygen atoms in total. The van der Waals surface area contributed by atoms with Crippen LogP contribution in [0.4, 0.5) is 0 Å². The Balaban J connectivity index is 0.00000351. The number of rotatable bonds is 6. The summed E-state index contributed by atoms with van der Waals surface area (Å²) < 4.78 is 10.4. The van der Waals surface area contributed by atoms with Gasteiger partial charge in [-0.05, 0) is 0 Å². The molecular formula is C40H28N4OPtSe. The van der Waals surface area contributed by atoms with Crippen LogP contribution in [0.2, 0.25) is 0 Å². The molecule has 0 fully saturated rings. The third-order valence-corrected chi connectivity index (χ3v) is 10.1. The smallest absolute Gasteiger partial charge is 2.00 e. The first kappa shape index (κ1) is 31.0. The minimum atomic E-state index is -0.0611. The molecule has 8 aromatic rings. The standard InChI is InChI=1S/C40H28N4OSe.Pt/c1-25-20-29(28-12-5-4-6-13-28)21-26(2)37(25)40-43-42-39-34-24-32(22-27(3)38(34)33-16-7-8-17-35(33)44(39)40)46-31-15-11-14-30(23-31)45-36-18-9-10-19-41-36;/h4-22H,1-3H3;/q-2;+2. The summed E-state index contributed by atoms with van der Waals surface area (Å²) >= 11 is -0.0611. The summed E-state index contributed by atoms with van der Waals surface area (Å²) in [4.78, 5) is 4.28. The van der Waals surface area contributed by atoms with Crippen LogP contribution >= 0.6 is 0 Å². The van der Waals surface area contributed by atoms with Crippen LogP contribution in [0.15, 0.2) is 115 Å². The summed E-state index contributed by atoms with van der Waals surface area (Å²) in [5.74, 6) is 2.04. The number of pyridine rings is 2. The molecule has 3 heterocycles. The molecule has 0 atom stereocenters. The van der Waals surface area contributed by atoms with Crippen LogP contribution in [0, 0.1) is 32.9 Å². The molecule has 0 bridgehead atoms. The number of aryl methyl sites for hydroxylation is 3. The molecular weight excluding hydrogens is 827 g/mol. The van der Waals surface area contributed by atoms with E-state index in [0.717, 1.165) is 58.8 Å². The van der Waals surface area contributed by atoms with Crippen LogP contribution in [0.3, 0.4) is 0 Å². The summed E-state index contributed by atoms with van der Waals surface area (Å²) in [7, 11) is 0. The molecule has 0 unspecified atom stereocenters. The van der Waals surface area contributed by atoms with Gasteiger partial charge in [0.2, 0.25) is 0 Å². The average Bonchev–Trinajstić information content (AvgIpc) is 3.51. The van der Waals surface area contributed by atoms with Crippen LogP contribution in [-0.2, 0) is 21.1 Å². The van der Waals surface area contributed by atoms with E-state index in [-0.39, 0.29) is 36.0 Å². The number of fused-ring (bicyclic) bond motifs is 6. The van der Waals surface area contributed by atoms with Crippen molar-refractivity contribution in [3.05, 3.63) is 144 Å². The number of hydrogen-bond acceptors (Lipinski definition) is 4. The zero-order valence-electron chi connectivity index (χ0n) is 25.9. The predicted octanol–water partition coefficient (Wildman–Crippen LogP) is 7.74. The molecule has 0 aliphatic heterocycles. The van der Waals surface area contributed by atoms with Gasteiger partial charge in [-0.2, -0.15) is 0 Å². The Morgan fingerprint density at radius 3 is 2.23 bits per heavy atom. The van der Waals surface area contributed by atoms with Gasteiger partial charge in [-0.3, -0.25) is 0 Å². The number of ether oxygens (including phenoxy) is 1. The zero-order chi connectivity index (χ0) is 31.2. The van der Waals surface area contributed by atoms with E-state index in [1.165, 1.54) is 16.7 Å². The molecule has 0 N–H and O–H groups in total. The first-order valence-electron chi connectivity index (χ1n) is 15.1. The average molecular weight is 855 g/mol. The summed E-state index contributed by atoms with van der Waals surface area (Å²) in [5.41, 5.74) is 8.92. The second-order valence-corrected chi connectivity index (χ2v) is 13.6. The second-order valence-electron chi connectivity index (χ2n) is 11.4. The van der Waals surface area contributed by atoms with Gasteiger partial charge in [-0.25, -0.2) is 0 Å². The van der Waals surface area contributed by atoms with Gasteiger partial charge in [0.1, 0.15) is 0 Å². The van der Waals surface area contributed by atoms with E-state index in [1.807, 2.05) is 36.4 Å². The quantitative estimate of drug-likeness (QED) is 0.0977. The van der Waals surface area contributed by atoms with Gasteiger partial charge >= 0.3 is 278 Å². The van der Waals surface area contributed by atoms with Crippen molar-refractivity contribution in [2.45, 2.75) is 20.8 Å². The van der Waals surface area contributed by atoms with Gasteiger partial charge < -0.3 is 0 Å². The Kier molecular flexibility index (Phi) is 8.51. The number of aromatic nitrogens is 4. The molecule has 230 valence electrons. The maximum absolute atomic E-state index is 5.96. The van der Waals surface area contributed by atoms with Crippen LogP contribution in [0.25, 0.3) is 49.8 Å². The van der Waals surface area contributed by atoms with Crippen molar-refractivity contribution in [3.63, 3.8) is 0 Å². The van der Waals surface area contributed by atoms with E-state index in [9.17, 15) is 0 Å². The number of para-hydroxylation sites is 1. The Hall–Kier alpha value is -4.60. The van der Waals surface area contributed by atoms with E-state index < -0.39 is 0 Å². The zero-order valence-corrected chi connectivity index (χ0v) is 29.9. The first-order valence-corrected chi connectivity index (χ1v) is 16.8. The minimum absolute atomic E-state index is 0.